The van der Waals surface area contributed by atoms with E-state index >= 15 is 0 Å². The molecule has 112 valence electrons. The van der Waals surface area contributed by atoms with E-state index in [0.717, 1.165) is 29.1 Å². The number of thiocarbonyl (C=S) groups is 1. The average Bonchev–Trinajstić information content (AvgIpc) is 2.86. The molecule has 1 heterocycles. The minimum atomic E-state index is -0.339. The minimum absolute atomic E-state index is 0.339. The first-order chi connectivity index (χ1) is 9.55. The third kappa shape index (κ3) is 4.45. The molecule has 2 N–H and O–H groups in total. The lowest BCUT2D eigenvalue weighted by Crippen LogP contribution is -2.37. The first-order valence-corrected chi connectivity index (χ1v) is 8.06. The molecule has 0 amide bonds. The van der Waals surface area contributed by atoms with Crippen LogP contribution in [0.25, 0.3) is 0 Å². The van der Waals surface area contributed by atoms with E-state index in [-0.39, 0.29) is 5.97 Å². The summed E-state index contributed by atoms with van der Waals surface area (Å²) in [5, 5.41) is 7.67. The SMILES string of the molecule is CCc1cc(C(=O)OC)c(NC(=S)NC(CC)CC)s1. The zero-order chi connectivity index (χ0) is 15.1. The quantitative estimate of drug-likeness (QED) is 0.621. The number of methoxy groups -OCH3 is 1. The van der Waals surface area contributed by atoms with Crippen LogP contribution < -0.4 is 10.6 Å². The van der Waals surface area contributed by atoms with E-state index in [2.05, 4.69) is 31.4 Å². The summed E-state index contributed by atoms with van der Waals surface area (Å²) in [6.45, 7) is 6.28. The maximum atomic E-state index is 11.8. The number of nitrogens with one attached hydrogen (secondary N) is 2. The molecule has 0 spiro atoms. The van der Waals surface area contributed by atoms with Gasteiger partial charge < -0.3 is 15.4 Å². The number of carbonyl (C=O) groups is 1. The molecule has 1 rings (SSSR count). The van der Waals surface area contributed by atoms with Crippen molar-refractivity contribution in [2.45, 2.75) is 46.1 Å². The van der Waals surface area contributed by atoms with Gasteiger partial charge in [-0.15, -0.1) is 11.3 Å². The molecule has 1 aromatic rings. The molecule has 0 aliphatic heterocycles. The first kappa shape index (κ1) is 16.9. The predicted octanol–water partition coefficient (Wildman–Crippen LogP) is 3.57. The van der Waals surface area contributed by atoms with Crippen LogP contribution in [-0.2, 0) is 11.2 Å². The molecule has 0 saturated heterocycles. The second-order valence-corrected chi connectivity index (χ2v) is 5.96. The summed E-state index contributed by atoms with van der Waals surface area (Å²) in [5.74, 6) is -0.339. The van der Waals surface area contributed by atoms with Gasteiger partial charge in [-0.25, -0.2) is 4.79 Å². The summed E-state index contributed by atoms with van der Waals surface area (Å²) in [7, 11) is 1.39. The standard InChI is InChI=1S/C14H22N2O2S2/c1-5-9(6-2)15-14(19)16-12-11(13(17)18-4)8-10(7-3)20-12/h8-9H,5-7H2,1-4H3,(H2,15,16,19). The molecule has 6 heteroatoms. The highest BCUT2D eigenvalue weighted by Crippen LogP contribution is 2.29. The van der Waals surface area contributed by atoms with Crippen LogP contribution in [0.5, 0.6) is 0 Å². The summed E-state index contributed by atoms with van der Waals surface area (Å²) in [6, 6.07) is 2.21. The van der Waals surface area contributed by atoms with Crippen molar-refractivity contribution in [1.82, 2.24) is 5.32 Å². The van der Waals surface area contributed by atoms with Crippen LogP contribution in [0.2, 0.25) is 0 Å². The average molecular weight is 314 g/mol. The van der Waals surface area contributed by atoms with E-state index in [1.54, 1.807) is 0 Å². The van der Waals surface area contributed by atoms with E-state index in [1.165, 1.54) is 18.4 Å². The Morgan fingerprint density at radius 3 is 2.55 bits per heavy atom. The Morgan fingerprint density at radius 1 is 1.40 bits per heavy atom. The number of thiophene rings is 1. The monoisotopic (exact) mass is 314 g/mol. The van der Waals surface area contributed by atoms with Crippen LogP contribution in [0.4, 0.5) is 5.00 Å². The zero-order valence-corrected chi connectivity index (χ0v) is 14.0. The molecule has 0 unspecified atom stereocenters. The van der Waals surface area contributed by atoms with E-state index in [4.69, 9.17) is 17.0 Å². The maximum Gasteiger partial charge on any atom is 0.340 e. The van der Waals surface area contributed by atoms with Crippen LogP contribution in [0.15, 0.2) is 6.07 Å². The maximum absolute atomic E-state index is 11.8. The highest BCUT2D eigenvalue weighted by atomic mass is 32.1. The van der Waals surface area contributed by atoms with Crippen LogP contribution >= 0.6 is 23.6 Å². The van der Waals surface area contributed by atoms with Gasteiger partial charge in [-0.1, -0.05) is 20.8 Å². The van der Waals surface area contributed by atoms with Crippen LogP contribution in [0.1, 0.15) is 48.8 Å². The van der Waals surface area contributed by atoms with E-state index < -0.39 is 0 Å². The minimum Gasteiger partial charge on any atom is -0.465 e. The molecule has 0 fully saturated rings. The smallest absolute Gasteiger partial charge is 0.340 e. The molecule has 0 atom stereocenters. The van der Waals surface area contributed by atoms with Gasteiger partial charge in [0.25, 0.3) is 0 Å². The summed E-state index contributed by atoms with van der Waals surface area (Å²) >= 11 is 6.84. The predicted molar refractivity (Wildman–Crippen MR) is 88.8 cm³/mol. The Labute approximate surface area is 129 Å². The fourth-order valence-electron chi connectivity index (χ4n) is 1.79. The van der Waals surface area contributed by atoms with Gasteiger partial charge in [0, 0.05) is 10.9 Å². The number of hydrogen-bond donors (Lipinski definition) is 2. The normalized spacial score (nSPS) is 10.4. The second-order valence-electron chi connectivity index (χ2n) is 4.41. The van der Waals surface area contributed by atoms with Crippen LogP contribution in [0.3, 0.4) is 0 Å². The zero-order valence-electron chi connectivity index (χ0n) is 12.4. The van der Waals surface area contributed by atoms with Crippen LogP contribution in [0, 0.1) is 0 Å². The van der Waals surface area contributed by atoms with E-state index in [1.807, 2.05) is 6.07 Å². The lowest BCUT2D eigenvalue weighted by Gasteiger charge is -2.17. The Morgan fingerprint density at radius 2 is 2.05 bits per heavy atom. The number of anilines is 1. The molecule has 0 aromatic carbocycles. The number of carbonyl (C=O) groups excluding carboxylic acids is 1. The fraction of sp³-hybridized carbons (Fsp3) is 0.571. The molecule has 0 aliphatic carbocycles. The Bertz CT molecular complexity index is 468. The van der Waals surface area contributed by atoms with Gasteiger partial charge in [0.2, 0.25) is 0 Å². The van der Waals surface area contributed by atoms with Gasteiger partial charge in [0.05, 0.1) is 12.7 Å². The van der Waals surface area contributed by atoms with Crippen molar-refractivity contribution in [3.63, 3.8) is 0 Å². The van der Waals surface area contributed by atoms with Gasteiger partial charge in [-0.05, 0) is 37.5 Å². The molecule has 0 bridgehead atoms. The number of aryl methyl sites for hydroxylation is 1. The fourth-order valence-corrected chi connectivity index (χ4v) is 3.11. The van der Waals surface area contributed by atoms with Gasteiger partial charge >= 0.3 is 5.97 Å². The van der Waals surface area contributed by atoms with Gasteiger partial charge in [0.15, 0.2) is 5.11 Å². The summed E-state index contributed by atoms with van der Waals surface area (Å²) in [6.07, 6.45) is 2.89. The summed E-state index contributed by atoms with van der Waals surface area (Å²) in [5.41, 5.74) is 0.544. The molecule has 0 saturated carbocycles. The van der Waals surface area contributed by atoms with Crippen molar-refractivity contribution in [2.75, 3.05) is 12.4 Å². The molecular weight excluding hydrogens is 292 g/mol. The Hall–Kier alpha value is -1.14. The van der Waals surface area contributed by atoms with Crippen molar-refractivity contribution < 1.29 is 9.53 Å². The van der Waals surface area contributed by atoms with Gasteiger partial charge in [-0.3, -0.25) is 0 Å². The Kier molecular flexibility index (Phi) is 6.95. The van der Waals surface area contributed by atoms with Crippen molar-refractivity contribution in [2.24, 2.45) is 0 Å². The van der Waals surface area contributed by atoms with E-state index in [9.17, 15) is 4.79 Å². The van der Waals surface area contributed by atoms with Crippen molar-refractivity contribution in [1.29, 1.82) is 0 Å². The third-order valence-electron chi connectivity index (χ3n) is 3.08. The lowest BCUT2D eigenvalue weighted by molar-refractivity contribution is 0.0602. The largest absolute Gasteiger partial charge is 0.465 e. The molecule has 20 heavy (non-hydrogen) atoms. The summed E-state index contributed by atoms with van der Waals surface area (Å²) < 4.78 is 4.80. The summed E-state index contributed by atoms with van der Waals surface area (Å²) in [4.78, 5) is 12.9. The molecular formula is C14H22N2O2S2. The van der Waals surface area contributed by atoms with Crippen molar-refractivity contribution in [3.05, 3.63) is 16.5 Å². The highest BCUT2D eigenvalue weighted by molar-refractivity contribution is 7.80. The number of esters is 1. The number of rotatable bonds is 6. The van der Waals surface area contributed by atoms with Gasteiger partial charge in [-0.2, -0.15) is 0 Å². The second kappa shape index (κ2) is 8.21. The third-order valence-corrected chi connectivity index (χ3v) is 4.50. The molecule has 1 aromatic heterocycles. The number of hydrogen-bond acceptors (Lipinski definition) is 4. The van der Waals surface area contributed by atoms with Crippen molar-refractivity contribution in [3.8, 4) is 0 Å². The molecule has 0 radical (unpaired) electrons. The topological polar surface area (TPSA) is 50.4 Å². The van der Waals surface area contributed by atoms with E-state index in [0.29, 0.717) is 16.7 Å². The van der Waals surface area contributed by atoms with Gasteiger partial charge in [0.1, 0.15) is 5.00 Å². The lowest BCUT2D eigenvalue weighted by atomic mass is 10.2. The molecule has 4 nitrogen and oxygen atoms in total. The van der Waals surface area contributed by atoms with Crippen LogP contribution in [-0.4, -0.2) is 24.2 Å². The Balaban J connectivity index is 2.82. The first-order valence-electron chi connectivity index (χ1n) is 6.84. The van der Waals surface area contributed by atoms with Crippen molar-refractivity contribution >= 4 is 39.6 Å². The highest BCUT2D eigenvalue weighted by Gasteiger charge is 2.17. The molecule has 0 aliphatic rings. The number of ether oxygens (including phenoxy) is 1.